The van der Waals surface area contributed by atoms with Gasteiger partial charge >= 0.3 is 0 Å². The van der Waals surface area contributed by atoms with Crippen LogP contribution in [0.25, 0.3) is 0 Å². The number of ether oxygens (including phenoxy) is 1. The first-order valence-electron chi connectivity index (χ1n) is 6.84. The van der Waals surface area contributed by atoms with Crippen LogP contribution in [-0.4, -0.2) is 12.1 Å². The number of nitrogens with one attached hydrogen (secondary N) is 1. The Kier molecular flexibility index (Phi) is 2.81. The van der Waals surface area contributed by atoms with Gasteiger partial charge in [-0.25, -0.2) is 4.39 Å². The molecule has 1 aliphatic heterocycles. The summed E-state index contributed by atoms with van der Waals surface area (Å²) in [6.45, 7) is 5.24. The Morgan fingerprint density at radius 2 is 2.17 bits per heavy atom. The summed E-state index contributed by atoms with van der Waals surface area (Å²) in [6.07, 6.45) is 3.19. The summed E-state index contributed by atoms with van der Waals surface area (Å²) < 4.78 is 19.5. The lowest BCUT2D eigenvalue weighted by Gasteiger charge is -2.51. The van der Waals surface area contributed by atoms with Crippen molar-refractivity contribution in [3.63, 3.8) is 0 Å². The Labute approximate surface area is 108 Å². The zero-order chi connectivity index (χ0) is 12.8. The fourth-order valence-electron chi connectivity index (χ4n) is 3.53. The molecule has 0 aromatic heterocycles. The van der Waals surface area contributed by atoms with Crippen molar-refractivity contribution in [2.24, 2.45) is 5.92 Å². The molecular formula is C15H20FNO. The average Bonchev–Trinajstić information content (AvgIpc) is 2.29. The van der Waals surface area contributed by atoms with E-state index in [1.807, 2.05) is 0 Å². The van der Waals surface area contributed by atoms with Crippen molar-refractivity contribution in [3.05, 3.63) is 29.6 Å². The molecule has 3 heteroatoms. The third kappa shape index (κ3) is 1.91. The molecule has 1 atom stereocenters. The minimum atomic E-state index is -0.182. The topological polar surface area (TPSA) is 21.3 Å². The van der Waals surface area contributed by atoms with E-state index < -0.39 is 0 Å². The number of rotatable bonds is 2. The van der Waals surface area contributed by atoms with Gasteiger partial charge in [-0.15, -0.1) is 0 Å². The van der Waals surface area contributed by atoms with Gasteiger partial charge in [0.15, 0.2) is 0 Å². The Hall–Kier alpha value is -1.09. The van der Waals surface area contributed by atoms with Gasteiger partial charge in [-0.05, 0) is 43.5 Å². The van der Waals surface area contributed by atoms with E-state index in [0.717, 1.165) is 43.0 Å². The summed E-state index contributed by atoms with van der Waals surface area (Å²) in [7, 11) is 0. The van der Waals surface area contributed by atoms with Crippen molar-refractivity contribution in [1.82, 2.24) is 5.32 Å². The number of halogens is 1. The monoisotopic (exact) mass is 249 g/mol. The number of hydrogen-bond donors (Lipinski definition) is 1. The highest BCUT2D eigenvalue weighted by atomic mass is 19.1. The van der Waals surface area contributed by atoms with E-state index in [1.165, 1.54) is 6.07 Å². The molecule has 1 spiro atoms. The Morgan fingerprint density at radius 3 is 2.83 bits per heavy atom. The minimum absolute atomic E-state index is 0.00289. The van der Waals surface area contributed by atoms with Crippen LogP contribution < -0.4 is 10.1 Å². The molecule has 1 aromatic carbocycles. The van der Waals surface area contributed by atoms with Gasteiger partial charge in [0.05, 0.1) is 0 Å². The fraction of sp³-hybridized carbons (Fsp3) is 0.600. The second-order valence-electron chi connectivity index (χ2n) is 5.80. The maximum atomic E-state index is 13.4. The Bertz CT molecular complexity index is 454. The van der Waals surface area contributed by atoms with E-state index >= 15 is 0 Å². The average molecular weight is 249 g/mol. The van der Waals surface area contributed by atoms with Gasteiger partial charge in [0.1, 0.15) is 17.2 Å². The molecule has 1 unspecified atom stereocenters. The second-order valence-corrected chi connectivity index (χ2v) is 5.80. The molecule has 1 saturated carbocycles. The standard InChI is InChI=1S/C15H20FNO/c1-3-17-13-9-15(7-10(2)8-15)18-14-5-4-11(16)6-12(13)14/h4-6,10,13,17H,3,7-9H2,1-2H3. The van der Waals surface area contributed by atoms with Crippen LogP contribution in [-0.2, 0) is 0 Å². The van der Waals surface area contributed by atoms with Crippen molar-refractivity contribution in [1.29, 1.82) is 0 Å². The van der Waals surface area contributed by atoms with Gasteiger partial charge in [0.25, 0.3) is 0 Å². The molecule has 98 valence electrons. The van der Waals surface area contributed by atoms with Crippen LogP contribution in [0.15, 0.2) is 18.2 Å². The van der Waals surface area contributed by atoms with Gasteiger partial charge in [-0.3, -0.25) is 0 Å². The van der Waals surface area contributed by atoms with Gasteiger partial charge in [-0.2, -0.15) is 0 Å². The van der Waals surface area contributed by atoms with Crippen LogP contribution in [0.1, 0.15) is 44.7 Å². The number of fused-ring (bicyclic) bond motifs is 1. The molecule has 0 bridgehead atoms. The van der Waals surface area contributed by atoms with E-state index in [1.54, 1.807) is 12.1 Å². The van der Waals surface area contributed by atoms with Gasteiger partial charge < -0.3 is 10.1 Å². The van der Waals surface area contributed by atoms with Gasteiger partial charge in [0.2, 0.25) is 0 Å². The maximum Gasteiger partial charge on any atom is 0.125 e. The van der Waals surface area contributed by atoms with E-state index in [-0.39, 0.29) is 17.5 Å². The smallest absolute Gasteiger partial charge is 0.125 e. The molecule has 0 saturated heterocycles. The number of benzene rings is 1. The van der Waals surface area contributed by atoms with Crippen molar-refractivity contribution < 1.29 is 9.13 Å². The van der Waals surface area contributed by atoms with Crippen LogP contribution in [0.3, 0.4) is 0 Å². The van der Waals surface area contributed by atoms with Crippen LogP contribution >= 0.6 is 0 Å². The molecule has 0 radical (unpaired) electrons. The summed E-state index contributed by atoms with van der Waals surface area (Å²) in [5.74, 6) is 1.42. The molecular weight excluding hydrogens is 229 g/mol. The zero-order valence-electron chi connectivity index (χ0n) is 11.0. The van der Waals surface area contributed by atoms with E-state index in [2.05, 4.69) is 19.2 Å². The van der Waals surface area contributed by atoms with Crippen LogP contribution in [0.4, 0.5) is 4.39 Å². The lowest BCUT2D eigenvalue weighted by molar-refractivity contribution is -0.0689. The predicted octanol–water partition coefficient (Wildman–Crippen LogP) is 3.43. The minimum Gasteiger partial charge on any atom is -0.487 e. The Balaban J connectivity index is 1.93. The fourth-order valence-corrected chi connectivity index (χ4v) is 3.53. The van der Waals surface area contributed by atoms with Crippen molar-refractivity contribution in [2.75, 3.05) is 6.54 Å². The SMILES string of the molecule is CCNC1CC2(CC(C)C2)Oc2ccc(F)cc21. The van der Waals surface area contributed by atoms with Crippen LogP contribution in [0.5, 0.6) is 5.75 Å². The second kappa shape index (κ2) is 4.23. The quantitative estimate of drug-likeness (QED) is 0.867. The summed E-state index contributed by atoms with van der Waals surface area (Å²) in [5, 5.41) is 3.46. The third-order valence-electron chi connectivity index (χ3n) is 4.14. The van der Waals surface area contributed by atoms with E-state index in [9.17, 15) is 4.39 Å². The molecule has 18 heavy (non-hydrogen) atoms. The first-order chi connectivity index (χ1) is 8.62. The highest BCUT2D eigenvalue weighted by Crippen LogP contribution is 2.51. The van der Waals surface area contributed by atoms with Crippen molar-refractivity contribution in [3.8, 4) is 5.75 Å². The zero-order valence-corrected chi connectivity index (χ0v) is 11.0. The van der Waals surface area contributed by atoms with Crippen LogP contribution in [0, 0.1) is 11.7 Å². The lowest BCUT2D eigenvalue weighted by atomic mass is 9.67. The van der Waals surface area contributed by atoms with E-state index in [4.69, 9.17) is 4.74 Å². The molecule has 1 heterocycles. The van der Waals surface area contributed by atoms with Crippen molar-refractivity contribution >= 4 is 0 Å². The molecule has 1 fully saturated rings. The molecule has 3 rings (SSSR count). The highest BCUT2D eigenvalue weighted by Gasteiger charge is 2.48. The molecule has 1 aromatic rings. The maximum absolute atomic E-state index is 13.4. The molecule has 2 nitrogen and oxygen atoms in total. The van der Waals surface area contributed by atoms with Gasteiger partial charge in [-0.1, -0.05) is 13.8 Å². The summed E-state index contributed by atoms with van der Waals surface area (Å²) >= 11 is 0. The Morgan fingerprint density at radius 1 is 1.39 bits per heavy atom. The molecule has 0 amide bonds. The number of hydrogen-bond acceptors (Lipinski definition) is 2. The molecule has 1 aliphatic carbocycles. The van der Waals surface area contributed by atoms with Crippen LogP contribution in [0.2, 0.25) is 0 Å². The first-order valence-corrected chi connectivity index (χ1v) is 6.84. The third-order valence-corrected chi connectivity index (χ3v) is 4.14. The first kappa shape index (κ1) is 12.0. The van der Waals surface area contributed by atoms with E-state index in [0.29, 0.717) is 0 Å². The summed E-state index contributed by atoms with van der Waals surface area (Å²) in [6, 6.07) is 5.10. The normalized spacial score (nSPS) is 33.7. The molecule has 1 N–H and O–H groups in total. The molecule has 2 aliphatic rings. The van der Waals surface area contributed by atoms with Crippen molar-refractivity contribution in [2.45, 2.75) is 44.8 Å². The predicted molar refractivity (Wildman–Crippen MR) is 69.2 cm³/mol. The van der Waals surface area contributed by atoms with Gasteiger partial charge in [0, 0.05) is 18.0 Å². The lowest BCUT2D eigenvalue weighted by Crippen LogP contribution is -2.52. The summed E-state index contributed by atoms with van der Waals surface area (Å²) in [4.78, 5) is 0. The highest BCUT2D eigenvalue weighted by molar-refractivity contribution is 5.40. The summed E-state index contributed by atoms with van der Waals surface area (Å²) in [5.41, 5.74) is 0.971. The largest absolute Gasteiger partial charge is 0.487 e.